The van der Waals surface area contributed by atoms with Crippen molar-refractivity contribution in [1.29, 1.82) is 0 Å². The lowest BCUT2D eigenvalue weighted by Crippen LogP contribution is -2.22. The minimum atomic E-state index is -0.381. The maximum absolute atomic E-state index is 12.5. The Morgan fingerprint density at radius 1 is 1.18 bits per heavy atom. The van der Waals surface area contributed by atoms with Crippen molar-refractivity contribution in [3.05, 3.63) is 53.6 Å². The second kappa shape index (κ2) is 8.93. The van der Waals surface area contributed by atoms with Crippen LogP contribution in [0.3, 0.4) is 0 Å². The van der Waals surface area contributed by atoms with Crippen LogP contribution in [0.15, 0.2) is 52.1 Å². The lowest BCUT2D eigenvalue weighted by atomic mass is 10.1. The lowest BCUT2D eigenvalue weighted by Gasteiger charge is -2.12. The van der Waals surface area contributed by atoms with E-state index in [4.69, 9.17) is 9.15 Å². The molecule has 1 N–H and O–H groups in total. The van der Waals surface area contributed by atoms with E-state index in [1.54, 1.807) is 0 Å². The molecule has 0 saturated carbocycles. The first-order chi connectivity index (χ1) is 13.5. The molecule has 7 heteroatoms. The highest BCUT2D eigenvalue weighted by atomic mass is 32.2. The van der Waals surface area contributed by atoms with Crippen molar-refractivity contribution in [3.63, 3.8) is 0 Å². The van der Waals surface area contributed by atoms with Crippen molar-refractivity contribution in [3.8, 4) is 17.2 Å². The number of aromatic nitrogens is 2. The molecule has 3 aromatic rings. The minimum absolute atomic E-state index is 0.112. The molecule has 1 aromatic heterocycles. The van der Waals surface area contributed by atoms with Crippen LogP contribution in [-0.4, -0.2) is 28.0 Å². The average Bonchev–Trinajstić information content (AvgIpc) is 3.14. The zero-order valence-corrected chi connectivity index (χ0v) is 17.2. The number of nitrogens with one attached hydrogen (secondary N) is 1. The maximum atomic E-state index is 12.5. The van der Waals surface area contributed by atoms with Crippen molar-refractivity contribution in [1.82, 2.24) is 10.2 Å². The van der Waals surface area contributed by atoms with Gasteiger partial charge in [0.15, 0.2) is 0 Å². The molecule has 0 aliphatic rings. The molecule has 0 saturated heterocycles. The van der Waals surface area contributed by atoms with Gasteiger partial charge in [0.05, 0.1) is 11.9 Å². The summed E-state index contributed by atoms with van der Waals surface area (Å²) in [7, 11) is 0. The first kappa shape index (κ1) is 19.9. The first-order valence-corrected chi connectivity index (χ1v) is 9.95. The van der Waals surface area contributed by atoms with E-state index in [2.05, 4.69) is 15.5 Å². The molecule has 0 radical (unpaired) electrons. The minimum Gasteiger partial charge on any atom is -0.494 e. The predicted molar refractivity (Wildman–Crippen MR) is 111 cm³/mol. The highest BCUT2D eigenvalue weighted by Crippen LogP contribution is 2.28. The van der Waals surface area contributed by atoms with Gasteiger partial charge in [-0.2, -0.15) is 0 Å². The van der Waals surface area contributed by atoms with E-state index >= 15 is 0 Å². The number of aryl methyl sites for hydroxylation is 2. The molecule has 146 valence electrons. The molecule has 28 heavy (non-hydrogen) atoms. The third kappa shape index (κ3) is 4.92. The Hall–Kier alpha value is -2.80. The van der Waals surface area contributed by atoms with Crippen LogP contribution in [0.1, 0.15) is 25.0 Å². The quantitative estimate of drug-likeness (QED) is 0.573. The smallest absolute Gasteiger partial charge is 0.277 e. The number of carbonyl (C=O) groups is 1. The lowest BCUT2D eigenvalue weighted by molar-refractivity contribution is -0.115. The molecular formula is C21H23N3O3S. The fourth-order valence-electron chi connectivity index (χ4n) is 2.54. The first-order valence-electron chi connectivity index (χ1n) is 9.07. The van der Waals surface area contributed by atoms with Crippen molar-refractivity contribution in [2.75, 3.05) is 11.9 Å². The van der Waals surface area contributed by atoms with Crippen LogP contribution in [-0.2, 0) is 4.79 Å². The van der Waals surface area contributed by atoms with E-state index in [9.17, 15) is 4.79 Å². The Bertz CT molecular complexity index is 954. The average molecular weight is 398 g/mol. The fraction of sp³-hybridized carbons (Fsp3) is 0.286. The molecule has 0 unspecified atom stereocenters. The number of carbonyl (C=O) groups excluding carboxylic acids is 1. The van der Waals surface area contributed by atoms with Crippen LogP contribution in [0, 0.1) is 13.8 Å². The molecule has 0 aliphatic heterocycles. The molecule has 0 fully saturated rings. The van der Waals surface area contributed by atoms with E-state index in [-0.39, 0.29) is 11.2 Å². The van der Waals surface area contributed by atoms with Gasteiger partial charge < -0.3 is 14.5 Å². The second-order valence-electron chi connectivity index (χ2n) is 6.40. The van der Waals surface area contributed by atoms with E-state index in [0.29, 0.717) is 17.7 Å². The van der Waals surface area contributed by atoms with Gasteiger partial charge in [0.25, 0.3) is 5.22 Å². The molecule has 1 atom stereocenters. The van der Waals surface area contributed by atoms with Crippen molar-refractivity contribution >= 4 is 23.4 Å². The summed E-state index contributed by atoms with van der Waals surface area (Å²) in [5.41, 5.74) is 3.73. The van der Waals surface area contributed by atoms with Gasteiger partial charge in [-0.15, -0.1) is 10.2 Å². The summed E-state index contributed by atoms with van der Waals surface area (Å²) in [4.78, 5) is 12.5. The van der Waals surface area contributed by atoms with E-state index in [1.165, 1.54) is 11.8 Å². The number of amides is 1. The van der Waals surface area contributed by atoms with Gasteiger partial charge in [-0.05, 0) is 69.2 Å². The number of ether oxygens (including phenoxy) is 1. The number of benzene rings is 2. The fourth-order valence-corrected chi connectivity index (χ4v) is 3.23. The monoisotopic (exact) mass is 397 g/mol. The van der Waals surface area contributed by atoms with Gasteiger partial charge in [-0.3, -0.25) is 4.79 Å². The Labute approximate surface area is 168 Å². The number of anilines is 1. The van der Waals surface area contributed by atoms with Crippen molar-refractivity contribution in [2.24, 2.45) is 0 Å². The number of thioether (sulfide) groups is 1. The highest BCUT2D eigenvalue weighted by molar-refractivity contribution is 8.00. The zero-order valence-electron chi connectivity index (χ0n) is 16.4. The Balaban J connectivity index is 1.63. The standard InChI is InChI=1S/C21H23N3O3S/c1-5-26-17-10-8-16(9-11-17)20-23-24-21(27-20)28-15(4)19(25)22-18-12-13(2)6-7-14(18)3/h6-12,15H,5H2,1-4H3,(H,22,25)/t15-/m1/s1. The van der Waals surface area contributed by atoms with Crippen molar-refractivity contribution in [2.45, 2.75) is 38.2 Å². The molecule has 2 aromatic carbocycles. The Morgan fingerprint density at radius 2 is 1.93 bits per heavy atom. The number of hydrogen-bond acceptors (Lipinski definition) is 6. The van der Waals surface area contributed by atoms with Crippen molar-refractivity contribution < 1.29 is 13.9 Å². The molecular weight excluding hydrogens is 374 g/mol. The van der Waals surface area contributed by atoms with Gasteiger partial charge in [-0.1, -0.05) is 23.9 Å². The predicted octanol–water partition coefficient (Wildman–Crippen LogP) is 4.87. The van der Waals surface area contributed by atoms with Gasteiger partial charge in [-0.25, -0.2) is 0 Å². The number of nitrogens with zero attached hydrogens (tertiary/aromatic N) is 2. The number of hydrogen-bond donors (Lipinski definition) is 1. The molecule has 0 aliphatic carbocycles. The summed E-state index contributed by atoms with van der Waals surface area (Å²) in [6.45, 7) is 8.32. The van der Waals surface area contributed by atoms with Gasteiger partial charge in [0, 0.05) is 11.3 Å². The van der Waals surface area contributed by atoms with Gasteiger partial charge >= 0.3 is 0 Å². The molecule has 0 spiro atoms. The molecule has 3 rings (SSSR count). The topological polar surface area (TPSA) is 77.2 Å². The Morgan fingerprint density at radius 3 is 2.64 bits per heavy atom. The van der Waals surface area contributed by atoms with Crippen LogP contribution >= 0.6 is 11.8 Å². The third-order valence-electron chi connectivity index (χ3n) is 4.12. The third-order valence-corrected chi connectivity index (χ3v) is 5.05. The van der Waals surface area contributed by atoms with Crippen LogP contribution in [0.4, 0.5) is 5.69 Å². The van der Waals surface area contributed by atoms with E-state index in [1.807, 2.05) is 70.2 Å². The highest BCUT2D eigenvalue weighted by Gasteiger charge is 2.19. The molecule has 0 bridgehead atoms. The van der Waals surface area contributed by atoms with Crippen LogP contribution in [0.25, 0.3) is 11.5 Å². The normalized spacial score (nSPS) is 11.9. The largest absolute Gasteiger partial charge is 0.494 e. The second-order valence-corrected chi connectivity index (χ2v) is 7.69. The van der Waals surface area contributed by atoms with Crippen LogP contribution < -0.4 is 10.1 Å². The maximum Gasteiger partial charge on any atom is 0.277 e. The summed E-state index contributed by atoms with van der Waals surface area (Å²) in [5, 5.41) is 11.1. The van der Waals surface area contributed by atoms with Crippen LogP contribution in [0.2, 0.25) is 0 Å². The zero-order chi connectivity index (χ0) is 20.1. The number of rotatable bonds is 7. The summed E-state index contributed by atoms with van der Waals surface area (Å²) >= 11 is 1.23. The molecule has 6 nitrogen and oxygen atoms in total. The van der Waals surface area contributed by atoms with Gasteiger partial charge in [0.1, 0.15) is 5.75 Å². The molecule has 1 amide bonds. The SMILES string of the molecule is CCOc1ccc(-c2nnc(S[C@H](C)C(=O)Nc3cc(C)ccc3C)o2)cc1. The Kier molecular flexibility index (Phi) is 6.36. The van der Waals surface area contributed by atoms with Crippen LogP contribution in [0.5, 0.6) is 5.75 Å². The van der Waals surface area contributed by atoms with E-state index in [0.717, 1.165) is 28.1 Å². The van der Waals surface area contributed by atoms with E-state index < -0.39 is 0 Å². The summed E-state index contributed by atoms with van der Waals surface area (Å²) in [6.07, 6.45) is 0. The summed E-state index contributed by atoms with van der Waals surface area (Å²) in [6, 6.07) is 13.4. The molecule has 1 heterocycles. The summed E-state index contributed by atoms with van der Waals surface area (Å²) < 4.78 is 11.1. The summed E-state index contributed by atoms with van der Waals surface area (Å²) in [5.74, 6) is 1.09. The van der Waals surface area contributed by atoms with Gasteiger partial charge in [0.2, 0.25) is 11.8 Å².